The van der Waals surface area contributed by atoms with Gasteiger partial charge in [-0.3, -0.25) is 0 Å². The van der Waals surface area contributed by atoms with Crippen LogP contribution in [0.1, 0.15) is 25.5 Å². The average Bonchev–Trinajstić information content (AvgIpc) is 2.96. The number of aromatic nitrogens is 4. The fraction of sp³-hybridized carbons (Fsp3) is 0.545. The molecule has 1 saturated heterocycles. The number of halogens is 1. The van der Waals surface area contributed by atoms with Crippen molar-refractivity contribution in [2.75, 3.05) is 18.0 Å². The Morgan fingerprint density at radius 3 is 2.76 bits per heavy atom. The zero-order valence-corrected chi connectivity index (χ0v) is 10.5. The number of hydrogen-bond donors (Lipinski definition) is 0. The van der Waals surface area contributed by atoms with Crippen LogP contribution in [0.3, 0.4) is 0 Å². The lowest BCUT2D eigenvalue weighted by atomic mass is 10.3. The topological polar surface area (TPSA) is 46.3 Å². The molecule has 2 aromatic rings. The highest BCUT2D eigenvalue weighted by molar-refractivity contribution is 6.29. The normalized spacial score (nSPS) is 16.0. The van der Waals surface area contributed by atoms with Crippen LogP contribution in [0.15, 0.2) is 6.07 Å². The van der Waals surface area contributed by atoms with E-state index in [9.17, 15) is 0 Å². The lowest BCUT2D eigenvalue weighted by Crippen LogP contribution is -2.19. The molecule has 2 aromatic heterocycles. The van der Waals surface area contributed by atoms with Gasteiger partial charge in [0.25, 0.3) is 5.78 Å². The third-order valence-corrected chi connectivity index (χ3v) is 3.33. The van der Waals surface area contributed by atoms with E-state index in [0.29, 0.717) is 10.9 Å². The molecule has 0 N–H and O–H groups in total. The summed E-state index contributed by atoms with van der Waals surface area (Å²) >= 11 is 6.16. The van der Waals surface area contributed by atoms with Gasteiger partial charge >= 0.3 is 0 Å². The van der Waals surface area contributed by atoms with Gasteiger partial charge < -0.3 is 4.90 Å². The Kier molecular flexibility index (Phi) is 2.63. The first-order valence-electron chi connectivity index (χ1n) is 5.95. The summed E-state index contributed by atoms with van der Waals surface area (Å²) in [5, 5.41) is 4.98. The number of anilines is 1. The molecule has 0 bridgehead atoms. The molecule has 0 amide bonds. The minimum Gasteiger partial charge on any atom is -0.339 e. The Hall–Kier alpha value is -1.36. The van der Waals surface area contributed by atoms with E-state index in [4.69, 9.17) is 11.6 Å². The van der Waals surface area contributed by atoms with Gasteiger partial charge in [0, 0.05) is 18.8 Å². The minimum absolute atomic E-state index is 0.574. The van der Waals surface area contributed by atoms with Gasteiger partial charge in [0.2, 0.25) is 5.95 Å². The van der Waals surface area contributed by atoms with Crippen LogP contribution in [-0.2, 0) is 6.42 Å². The van der Waals surface area contributed by atoms with Crippen molar-refractivity contribution in [3.05, 3.63) is 16.9 Å². The van der Waals surface area contributed by atoms with E-state index in [1.54, 1.807) is 4.52 Å². The van der Waals surface area contributed by atoms with Crippen molar-refractivity contribution in [1.82, 2.24) is 19.6 Å². The van der Waals surface area contributed by atoms with E-state index < -0.39 is 0 Å². The van der Waals surface area contributed by atoms with Crippen molar-refractivity contribution in [2.45, 2.75) is 26.2 Å². The van der Waals surface area contributed by atoms with Crippen LogP contribution >= 0.6 is 11.6 Å². The van der Waals surface area contributed by atoms with Crippen molar-refractivity contribution in [3.63, 3.8) is 0 Å². The third-order valence-electron chi connectivity index (χ3n) is 3.06. The molecule has 1 aliphatic rings. The second-order valence-corrected chi connectivity index (χ2v) is 4.63. The number of hydrogen-bond acceptors (Lipinski definition) is 4. The Bertz CT molecular complexity index is 544. The molecule has 0 saturated carbocycles. The largest absolute Gasteiger partial charge is 0.339 e. The van der Waals surface area contributed by atoms with Crippen molar-refractivity contribution in [3.8, 4) is 0 Å². The first kappa shape index (κ1) is 10.8. The molecule has 0 radical (unpaired) electrons. The monoisotopic (exact) mass is 251 g/mol. The summed E-state index contributed by atoms with van der Waals surface area (Å²) in [6.07, 6.45) is 3.26. The van der Waals surface area contributed by atoms with Gasteiger partial charge in [0.05, 0.1) is 0 Å². The van der Waals surface area contributed by atoms with Crippen molar-refractivity contribution >= 4 is 23.3 Å². The molecule has 6 heteroatoms. The van der Waals surface area contributed by atoms with E-state index >= 15 is 0 Å². The van der Waals surface area contributed by atoms with E-state index in [0.717, 1.165) is 31.2 Å². The van der Waals surface area contributed by atoms with Crippen molar-refractivity contribution in [1.29, 1.82) is 0 Å². The molecule has 0 aliphatic carbocycles. The van der Waals surface area contributed by atoms with Crippen LogP contribution in [0.4, 0.5) is 5.95 Å². The van der Waals surface area contributed by atoms with Crippen molar-refractivity contribution < 1.29 is 0 Å². The lowest BCUT2D eigenvalue weighted by molar-refractivity contribution is 0.866. The van der Waals surface area contributed by atoms with Crippen LogP contribution in [-0.4, -0.2) is 32.7 Å². The van der Waals surface area contributed by atoms with Crippen LogP contribution in [0.5, 0.6) is 0 Å². The molecule has 3 heterocycles. The van der Waals surface area contributed by atoms with Gasteiger partial charge in [0.1, 0.15) is 5.15 Å². The van der Waals surface area contributed by atoms with E-state index in [2.05, 4.69) is 20.0 Å². The van der Waals surface area contributed by atoms with Crippen LogP contribution < -0.4 is 4.90 Å². The van der Waals surface area contributed by atoms with Gasteiger partial charge in [-0.2, -0.15) is 9.50 Å². The first-order chi connectivity index (χ1) is 8.28. The predicted octanol–water partition coefficient (Wildman–Crippen LogP) is 1.94. The fourth-order valence-corrected chi connectivity index (χ4v) is 2.34. The lowest BCUT2D eigenvalue weighted by Gasteiger charge is -2.10. The highest BCUT2D eigenvalue weighted by Gasteiger charge is 2.18. The van der Waals surface area contributed by atoms with Gasteiger partial charge in [0.15, 0.2) is 0 Å². The molecular formula is C11H14ClN5. The quantitative estimate of drug-likeness (QED) is 0.766. The second kappa shape index (κ2) is 4.14. The second-order valence-electron chi connectivity index (χ2n) is 4.24. The molecule has 3 rings (SSSR count). The summed E-state index contributed by atoms with van der Waals surface area (Å²) < 4.78 is 1.61. The van der Waals surface area contributed by atoms with Crippen molar-refractivity contribution in [2.24, 2.45) is 0 Å². The number of fused-ring (bicyclic) bond motifs is 1. The van der Waals surface area contributed by atoms with Crippen LogP contribution in [0.25, 0.3) is 5.78 Å². The van der Waals surface area contributed by atoms with E-state index in [1.165, 1.54) is 12.8 Å². The molecule has 1 aliphatic heterocycles. The molecule has 0 spiro atoms. The van der Waals surface area contributed by atoms with Gasteiger partial charge in [-0.1, -0.05) is 18.5 Å². The summed E-state index contributed by atoms with van der Waals surface area (Å²) in [6, 6.07) is 1.84. The molecule has 0 atom stereocenters. The summed E-state index contributed by atoms with van der Waals surface area (Å²) in [5.41, 5.74) is 0.947. The zero-order valence-electron chi connectivity index (χ0n) is 9.73. The van der Waals surface area contributed by atoms with E-state index in [-0.39, 0.29) is 0 Å². The Morgan fingerprint density at radius 2 is 2.06 bits per heavy atom. The average molecular weight is 252 g/mol. The first-order valence-corrected chi connectivity index (χ1v) is 6.33. The smallest absolute Gasteiger partial charge is 0.255 e. The highest BCUT2D eigenvalue weighted by atomic mass is 35.5. The maximum atomic E-state index is 6.16. The minimum atomic E-state index is 0.574. The molecule has 17 heavy (non-hydrogen) atoms. The molecular weight excluding hydrogens is 238 g/mol. The Morgan fingerprint density at radius 1 is 1.29 bits per heavy atom. The zero-order chi connectivity index (χ0) is 11.8. The molecule has 90 valence electrons. The Balaban J connectivity index is 2.08. The van der Waals surface area contributed by atoms with Crippen LogP contribution in [0, 0.1) is 0 Å². The summed E-state index contributed by atoms with van der Waals surface area (Å²) in [5.74, 6) is 1.33. The highest BCUT2D eigenvalue weighted by Crippen LogP contribution is 2.19. The molecule has 0 unspecified atom stereocenters. The molecule has 5 nitrogen and oxygen atoms in total. The number of aryl methyl sites for hydroxylation is 1. The third kappa shape index (κ3) is 1.84. The number of nitrogens with zero attached hydrogens (tertiary/aromatic N) is 5. The fourth-order valence-electron chi connectivity index (χ4n) is 2.10. The molecule has 0 aromatic carbocycles. The van der Waals surface area contributed by atoms with Gasteiger partial charge in [-0.15, -0.1) is 5.10 Å². The summed E-state index contributed by atoms with van der Waals surface area (Å²) in [4.78, 5) is 11.0. The SMILES string of the molecule is CCc1cc(Cl)n2nc(N3CCCC3)nc2n1. The number of rotatable bonds is 2. The van der Waals surface area contributed by atoms with E-state index in [1.807, 2.05) is 13.0 Å². The van der Waals surface area contributed by atoms with Gasteiger partial charge in [-0.05, 0) is 25.3 Å². The summed E-state index contributed by atoms with van der Waals surface area (Å²) in [7, 11) is 0. The maximum absolute atomic E-state index is 6.16. The Labute approximate surface area is 104 Å². The molecule has 1 fully saturated rings. The van der Waals surface area contributed by atoms with Crippen LogP contribution in [0.2, 0.25) is 5.15 Å². The van der Waals surface area contributed by atoms with Gasteiger partial charge in [-0.25, -0.2) is 4.98 Å². The maximum Gasteiger partial charge on any atom is 0.255 e. The summed E-state index contributed by atoms with van der Waals surface area (Å²) in [6.45, 7) is 4.09. The predicted molar refractivity (Wildman–Crippen MR) is 66.6 cm³/mol. The standard InChI is InChI=1S/C11H14ClN5/c1-2-8-7-9(12)17-10(13-8)14-11(15-17)16-5-3-4-6-16/h7H,2-6H2,1H3.